The van der Waals surface area contributed by atoms with Gasteiger partial charge in [0.2, 0.25) is 5.95 Å². The van der Waals surface area contributed by atoms with Crippen molar-refractivity contribution in [2.45, 2.75) is 25.7 Å². The third-order valence-electron chi connectivity index (χ3n) is 6.07. The Morgan fingerprint density at radius 1 is 1.05 bits per heavy atom. The summed E-state index contributed by atoms with van der Waals surface area (Å²) in [7, 11) is 0. The average molecular weight is 284 g/mol. The Hall–Kier alpha value is -1.85. The molecule has 0 radical (unpaired) electrons. The average Bonchev–Trinajstić information content (AvgIpc) is 3.16. The van der Waals surface area contributed by atoms with Crippen LogP contribution >= 0.6 is 0 Å². The van der Waals surface area contributed by atoms with Crippen LogP contribution in [0.25, 0.3) is 5.65 Å². The fourth-order valence-electron chi connectivity index (χ4n) is 5.04. The smallest absolute Gasteiger partial charge is 0.209 e. The second-order valence-electron chi connectivity index (χ2n) is 6.94. The Bertz CT molecular complexity index is 667. The molecule has 1 aliphatic heterocycles. The SMILES string of the molecule is Nc1nc(N2C[C@@H]3C4CCC(CC4)[C@@H]3C2)cc2nncn12. The van der Waals surface area contributed by atoms with Crippen molar-refractivity contribution in [2.75, 3.05) is 23.7 Å². The van der Waals surface area contributed by atoms with Gasteiger partial charge in [0.15, 0.2) is 5.65 Å². The van der Waals surface area contributed by atoms with Gasteiger partial charge in [-0.3, -0.25) is 4.40 Å². The quantitative estimate of drug-likeness (QED) is 0.860. The lowest BCUT2D eigenvalue weighted by molar-refractivity contribution is 0.0577. The summed E-state index contributed by atoms with van der Waals surface area (Å²) < 4.78 is 1.73. The number of aromatic nitrogens is 4. The summed E-state index contributed by atoms with van der Waals surface area (Å²) in [6.07, 6.45) is 7.39. The lowest BCUT2D eigenvalue weighted by Crippen LogP contribution is -2.38. The molecular formula is C15H20N6. The van der Waals surface area contributed by atoms with Gasteiger partial charge < -0.3 is 10.6 Å². The van der Waals surface area contributed by atoms with Gasteiger partial charge in [-0.25, -0.2) is 0 Å². The normalized spacial score (nSPS) is 34.6. The van der Waals surface area contributed by atoms with Crippen LogP contribution < -0.4 is 10.6 Å². The van der Waals surface area contributed by atoms with Gasteiger partial charge in [0, 0.05) is 19.2 Å². The number of nitrogen functional groups attached to an aromatic ring is 1. The number of nitrogens with zero attached hydrogens (tertiary/aromatic N) is 5. The van der Waals surface area contributed by atoms with Crippen LogP contribution in [0.4, 0.5) is 11.8 Å². The van der Waals surface area contributed by atoms with Gasteiger partial charge in [-0.05, 0) is 49.4 Å². The first kappa shape index (κ1) is 11.8. The molecular weight excluding hydrogens is 264 g/mol. The van der Waals surface area contributed by atoms with Crippen LogP contribution in [0.15, 0.2) is 12.4 Å². The summed E-state index contributed by atoms with van der Waals surface area (Å²) >= 11 is 0. The molecule has 2 bridgehead atoms. The van der Waals surface area contributed by atoms with Crippen molar-refractivity contribution in [3.63, 3.8) is 0 Å². The van der Waals surface area contributed by atoms with E-state index in [1.54, 1.807) is 10.7 Å². The van der Waals surface area contributed by atoms with Crippen LogP contribution in [0.3, 0.4) is 0 Å². The number of rotatable bonds is 1. The molecule has 0 aromatic carbocycles. The predicted molar refractivity (Wildman–Crippen MR) is 79.8 cm³/mol. The molecule has 2 aromatic rings. The highest BCUT2D eigenvalue weighted by Crippen LogP contribution is 2.52. The third kappa shape index (κ3) is 1.61. The highest BCUT2D eigenvalue weighted by molar-refractivity contribution is 5.55. The van der Waals surface area contributed by atoms with Gasteiger partial charge in [-0.2, -0.15) is 4.98 Å². The summed E-state index contributed by atoms with van der Waals surface area (Å²) in [6, 6.07) is 2.02. The van der Waals surface area contributed by atoms with Crippen LogP contribution in [0.1, 0.15) is 25.7 Å². The Morgan fingerprint density at radius 3 is 2.38 bits per heavy atom. The molecule has 3 aliphatic carbocycles. The van der Waals surface area contributed by atoms with Crippen molar-refractivity contribution < 1.29 is 0 Å². The number of anilines is 2. The van der Waals surface area contributed by atoms with Crippen molar-refractivity contribution in [2.24, 2.45) is 23.7 Å². The van der Waals surface area contributed by atoms with E-state index in [0.29, 0.717) is 5.95 Å². The molecule has 0 amide bonds. The van der Waals surface area contributed by atoms with Crippen LogP contribution in [0.5, 0.6) is 0 Å². The number of hydrogen-bond donors (Lipinski definition) is 1. The van der Waals surface area contributed by atoms with E-state index in [2.05, 4.69) is 20.1 Å². The molecule has 3 heterocycles. The van der Waals surface area contributed by atoms with Crippen LogP contribution in [-0.2, 0) is 0 Å². The molecule has 2 N–H and O–H groups in total. The summed E-state index contributed by atoms with van der Waals surface area (Å²) in [4.78, 5) is 7.00. The van der Waals surface area contributed by atoms with Crippen LogP contribution in [0.2, 0.25) is 0 Å². The van der Waals surface area contributed by atoms with Crippen molar-refractivity contribution in [1.82, 2.24) is 19.6 Å². The molecule has 21 heavy (non-hydrogen) atoms. The van der Waals surface area contributed by atoms with Gasteiger partial charge >= 0.3 is 0 Å². The van der Waals surface area contributed by atoms with E-state index in [0.717, 1.165) is 48.2 Å². The van der Waals surface area contributed by atoms with Gasteiger partial charge in [0.25, 0.3) is 0 Å². The maximum atomic E-state index is 6.03. The Labute approximate surface area is 123 Å². The largest absolute Gasteiger partial charge is 0.369 e. The summed E-state index contributed by atoms with van der Waals surface area (Å²) in [5, 5.41) is 8.02. The Morgan fingerprint density at radius 2 is 1.71 bits per heavy atom. The first-order chi connectivity index (χ1) is 10.3. The van der Waals surface area contributed by atoms with E-state index >= 15 is 0 Å². The fourth-order valence-corrected chi connectivity index (χ4v) is 5.04. The zero-order valence-electron chi connectivity index (χ0n) is 12.0. The van der Waals surface area contributed by atoms with Crippen molar-refractivity contribution in [1.29, 1.82) is 0 Å². The van der Waals surface area contributed by atoms with Gasteiger partial charge in [0.1, 0.15) is 12.1 Å². The van der Waals surface area contributed by atoms with E-state index in [1.807, 2.05) is 6.07 Å². The van der Waals surface area contributed by atoms with Crippen LogP contribution in [-0.4, -0.2) is 32.7 Å². The Balaban J connectivity index is 1.50. The first-order valence-electron chi connectivity index (χ1n) is 8.01. The molecule has 6 heteroatoms. The van der Waals surface area contributed by atoms with Crippen molar-refractivity contribution >= 4 is 17.4 Å². The van der Waals surface area contributed by atoms with Crippen molar-refractivity contribution in [3.8, 4) is 0 Å². The molecule has 3 saturated carbocycles. The number of fused-ring (bicyclic) bond motifs is 3. The summed E-state index contributed by atoms with van der Waals surface area (Å²) in [6.45, 7) is 2.28. The molecule has 1 saturated heterocycles. The molecule has 6 rings (SSSR count). The van der Waals surface area contributed by atoms with E-state index in [9.17, 15) is 0 Å². The van der Waals surface area contributed by atoms with E-state index < -0.39 is 0 Å². The zero-order chi connectivity index (χ0) is 14.0. The second-order valence-corrected chi connectivity index (χ2v) is 6.94. The maximum absolute atomic E-state index is 6.03. The minimum absolute atomic E-state index is 0.477. The number of hydrogen-bond acceptors (Lipinski definition) is 5. The topological polar surface area (TPSA) is 72.3 Å². The molecule has 6 nitrogen and oxygen atoms in total. The highest BCUT2D eigenvalue weighted by Gasteiger charge is 2.48. The standard InChI is InChI=1S/C15H20N6/c16-15-18-13(5-14-19-17-8-21(14)15)20-6-11-9-1-2-10(4-3-9)12(11)7-20/h5,8-12H,1-4,6-7H2,(H2,16,18)/t9?,10?,11-,12+. The predicted octanol–water partition coefficient (Wildman–Crippen LogP) is 1.58. The molecule has 0 spiro atoms. The van der Waals surface area contributed by atoms with Gasteiger partial charge in [-0.15, -0.1) is 10.2 Å². The fraction of sp³-hybridized carbons (Fsp3) is 0.667. The maximum Gasteiger partial charge on any atom is 0.209 e. The molecule has 2 aromatic heterocycles. The lowest BCUT2D eigenvalue weighted by atomic mass is 9.60. The summed E-state index contributed by atoms with van der Waals surface area (Å²) in [5.41, 5.74) is 6.82. The first-order valence-corrected chi connectivity index (χ1v) is 8.01. The van der Waals surface area contributed by atoms with Crippen LogP contribution in [0, 0.1) is 23.7 Å². The molecule has 2 atom stereocenters. The highest BCUT2D eigenvalue weighted by atomic mass is 15.3. The zero-order valence-corrected chi connectivity index (χ0v) is 12.0. The Kier molecular flexibility index (Phi) is 2.29. The van der Waals surface area contributed by atoms with Crippen molar-refractivity contribution in [3.05, 3.63) is 12.4 Å². The molecule has 0 unspecified atom stereocenters. The minimum atomic E-state index is 0.477. The molecule has 4 fully saturated rings. The minimum Gasteiger partial charge on any atom is -0.369 e. The molecule has 4 aliphatic rings. The monoisotopic (exact) mass is 284 g/mol. The van der Waals surface area contributed by atoms with E-state index in [-0.39, 0.29) is 0 Å². The van der Waals surface area contributed by atoms with Gasteiger partial charge in [-0.1, -0.05) is 0 Å². The van der Waals surface area contributed by atoms with E-state index in [4.69, 9.17) is 5.73 Å². The van der Waals surface area contributed by atoms with E-state index in [1.165, 1.54) is 25.7 Å². The third-order valence-corrected chi connectivity index (χ3v) is 6.07. The second kappa shape index (κ2) is 4.08. The molecule has 110 valence electrons. The summed E-state index contributed by atoms with van der Waals surface area (Å²) in [5.74, 6) is 5.08. The van der Waals surface area contributed by atoms with Gasteiger partial charge in [0.05, 0.1) is 0 Å². The lowest BCUT2D eigenvalue weighted by Gasteiger charge is -2.44. The number of nitrogens with two attached hydrogens (primary N) is 1.